The molecule has 5 heteroatoms. The minimum absolute atomic E-state index is 0.0372. The second kappa shape index (κ2) is 6.35. The SMILES string of the molecule is Fc1ccc(COc2ccc(Br)c(CCl)c2)c(F)c1. The average Bonchev–Trinajstić information content (AvgIpc) is 2.39. The van der Waals surface area contributed by atoms with Gasteiger partial charge in [0.1, 0.15) is 24.0 Å². The first-order valence-corrected chi connectivity index (χ1v) is 6.84. The fraction of sp³-hybridized carbons (Fsp3) is 0.143. The van der Waals surface area contributed by atoms with E-state index in [0.29, 0.717) is 17.2 Å². The summed E-state index contributed by atoms with van der Waals surface area (Å²) in [5, 5.41) is 0. The first-order chi connectivity index (χ1) is 9.10. The van der Waals surface area contributed by atoms with Crippen LogP contribution in [0.2, 0.25) is 0 Å². The molecule has 0 aromatic heterocycles. The van der Waals surface area contributed by atoms with Gasteiger partial charge in [-0.05, 0) is 35.9 Å². The number of benzene rings is 2. The lowest BCUT2D eigenvalue weighted by atomic mass is 10.2. The van der Waals surface area contributed by atoms with E-state index < -0.39 is 11.6 Å². The lowest BCUT2D eigenvalue weighted by Crippen LogP contribution is -1.99. The second-order valence-electron chi connectivity index (χ2n) is 3.91. The van der Waals surface area contributed by atoms with Gasteiger partial charge in [-0.2, -0.15) is 0 Å². The molecule has 0 spiro atoms. The number of alkyl halides is 1. The van der Waals surface area contributed by atoms with Crippen molar-refractivity contribution in [3.8, 4) is 5.75 Å². The maximum absolute atomic E-state index is 13.4. The molecule has 0 fully saturated rings. The molecule has 2 aromatic rings. The van der Waals surface area contributed by atoms with Crippen molar-refractivity contribution in [1.82, 2.24) is 0 Å². The summed E-state index contributed by atoms with van der Waals surface area (Å²) in [6.45, 7) is 0.0372. The number of rotatable bonds is 4. The number of ether oxygens (including phenoxy) is 1. The van der Waals surface area contributed by atoms with Crippen molar-refractivity contribution in [3.63, 3.8) is 0 Å². The number of hydrogen-bond acceptors (Lipinski definition) is 1. The lowest BCUT2D eigenvalue weighted by Gasteiger charge is -2.09. The fourth-order valence-corrected chi connectivity index (χ4v) is 2.31. The third kappa shape index (κ3) is 3.67. The summed E-state index contributed by atoms with van der Waals surface area (Å²) < 4.78 is 32.5. The highest BCUT2D eigenvalue weighted by atomic mass is 79.9. The van der Waals surface area contributed by atoms with E-state index >= 15 is 0 Å². The molecule has 0 atom stereocenters. The maximum Gasteiger partial charge on any atom is 0.132 e. The smallest absolute Gasteiger partial charge is 0.132 e. The van der Waals surface area contributed by atoms with Gasteiger partial charge in [0, 0.05) is 22.0 Å². The zero-order chi connectivity index (χ0) is 13.8. The van der Waals surface area contributed by atoms with E-state index in [9.17, 15) is 8.78 Å². The van der Waals surface area contributed by atoms with Crippen LogP contribution in [-0.4, -0.2) is 0 Å². The topological polar surface area (TPSA) is 9.23 Å². The van der Waals surface area contributed by atoms with Crippen molar-refractivity contribution in [2.75, 3.05) is 0 Å². The summed E-state index contributed by atoms with van der Waals surface area (Å²) in [7, 11) is 0. The maximum atomic E-state index is 13.4. The minimum atomic E-state index is -0.616. The number of halogens is 4. The third-order valence-corrected chi connectivity index (χ3v) is 3.63. The Morgan fingerprint density at radius 1 is 1.05 bits per heavy atom. The van der Waals surface area contributed by atoms with Crippen molar-refractivity contribution >= 4 is 27.5 Å². The molecule has 0 aliphatic rings. The number of hydrogen-bond donors (Lipinski definition) is 0. The first-order valence-electron chi connectivity index (χ1n) is 5.51. The zero-order valence-electron chi connectivity index (χ0n) is 9.80. The summed E-state index contributed by atoms with van der Waals surface area (Å²) in [6, 6.07) is 8.75. The zero-order valence-corrected chi connectivity index (χ0v) is 12.1. The fourth-order valence-electron chi connectivity index (χ4n) is 1.54. The molecule has 0 aliphatic heterocycles. The molecular formula is C14H10BrClF2O. The van der Waals surface area contributed by atoms with Crippen LogP contribution < -0.4 is 4.74 Å². The Bertz CT molecular complexity index is 590. The van der Waals surface area contributed by atoms with Crippen LogP contribution in [0.25, 0.3) is 0 Å². The van der Waals surface area contributed by atoms with E-state index in [1.807, 2.05) is 6.07 Å². The predicted octanol–water partition coefficient (Wildman–Crippen LogP) is 5.05. The van der Waals surface area contributed by atoms with E-state index in [1.165, 1.54) is 12.1 Å². The van der Waals surface area contributed by atoms with Gasteiger partial charge in [-0.3, -0.25) is 0 Å². The third-order valence-electron chi connectivity index (χ3n) is 2.57. The monoisotopic (exact) mass is 346 g/mol. The molecule has 0 unspecified atom stereocenters. The standard InChI is InChI=1S/C14H10BrClF2O/c15-13-4-3-12(5-10(13)7-16)19-8-9-1-2-11(17)6-14(9)18/h1-6H,7-8H2. The van der Waals surface area contributed by atoms with Crippen LogP contribution in [0.5, 0.6) is 5.75 Å². The predicted molar refractivity (Wildman–Crippen MR) is 74.4 cm³/mol. The van der Waals surface area contributed by atoms with E-state index in [4.69, 9.17) is 16.3 Å². The molecule has 0 saturated heterocycles. The van der Waals surface area contributed by atoms with E-state index in [-0.39, 0.29) is 6.61 Å². The van der Waals surface area contributed by atoms with Crippen molar-refractivity contribution in [2.24, 2.45) is 0 Å². The van der Waals surface area contributed by atoms with Crippen LogP contribution in [0.1, 0.15) is 11.1 Å². The Kier molecular flexibility index (Phi) is 4.77. The molecule has 1 nitrogen and oxygen atoms in total. The summed E-state index contributed by atoms with van der Waals surface area (Å²) in [5.41, 5.74) is 1.19. The Hall–Kier alpha value is -1.13. The van der Waals surface area contributed by atoms with Crippen LogP contribution in [0.3, 0.4) is 0 Å². The quantitative estimate of drug-likeness (QED) is 0.704. The first kappa shape index (κ1) is 14.3. The molecule has 0 bridgehead atoms. The van der Waals surface area contributed by atoms with Crippen LogP contribution in [0, 0.1) is 11.6 Å². The largest absolute Gasteiger partial charge is 0.489 e. The lowest BCUT2D eigenvalue weighted by molar-refractivity contribution is 0.299. The van der Waals surface area contributed by atoms with Gasteiger partial charge < -0.3 is 4.74 Å². The van der Waals surface area contributed by atoms with Crippen LogP contribution in [-0.2, 0) is 12.5 Å². The van der Waals surface area contributed by atoms with Gasteiger partial charge in [0.25, 0.3) is 0 Å². The van der Waals surface area contributed by atoms with Gasteiger partial charge >= 0.3 is 0 Å². The van der Waals surface area contributed by atoms with Crippen LogP contribution in [0.15, 0.2) is 40.9 Å². The van der Waals surface area contributed by atoms with Crippen LogP contribution in [0.4, 0.5) is 8.78 Å². The molecule has 2 aromatic carbocycles. The molecule has 0 amide bonds. The molecule has 19 heavy (non-hydrogen) atoms. The summed E-state index contributed by atoms with van der Waals surface area (Å²) in [4.78, 5) is 0. The van der Waals surface area contributed by atoms with Crippen LogP contribution >= 0.6 is 27.5 Å². The highest BCUT2D eigenvalue weighted by Crippen LogP contribution is 2.24. The van der Waals surface area contributed by atoms with Gasteiger partial charge in [-0.1, -0.05) is 15.9 Å². The van der Waals surface area contributed by atoms with E-state index in [1.54, 1.807) is 12.1 Å². The Balaban J connectivity index is 2.10. The van der Waals surface area contributed by atoms with Crippen molar-refractivity contribution in [3.05, 3.63) is 63.6 Å². The van der Waals surface area contributed by atoms with E-state index in [0.717, 1.165) is 16.1 Å². The van der Waals surface area contributed by atoms with Gasteiger partial charge in [0.15, 0.2) is 0 Å². The van der Waals surface area contributed by atoms with Crippen molar-refractivity contribution in [1.29, 1.82) is 0 Å². The molecule has 2 rings (SSSR count). The van der Waals surface area contributed by atoms with Gasteiger partial charge in [0.2, 0.25) is 0 Å². The van der Waals surface area contributed by atoms with E-state index in [2.05, 4.69) is 15.9 Å². The summed E-state index contributed by atoms with van der Waals surface area (Å²) in [5.74, 6) is -0.283. The Morgan fingerprint density at radius 3 is 2.53 bits per heavy atom. The summed E-state index contributed by atoms with van der Waals surface area (Å²) in [6.07, 6.45) is 0. The minimum Gasteiger partial charge on any atom is -0.489 e. The molecule has 0 heterocycles. The average molecular weight is 348 g/mol. The molecule has 0 radical (unpaired) electrons. The highest BCUT2D eigenvalue weighted by molar-refractivity contribution is 9.10. The van der Waals surface area contributed by atoms with Gasteiger partial charge in [-0.15, -0.1) is 11.6 Å². The second-order valence-corrected chi connectivity index (χ2v) is 5.03. The molecular weight excluding hydrogens is 338 g/mol. The van der Waals surface area contributed by atoms with Gasteiger partial charge in [0.05, 0.1) is 0 Å². The van der Waals surface area contributed by atoms with Crippen molar-refractivity contribution < 1.29 is 13.5 Å². The molecule has 0 aliphatic carbocycles. The molecule has 100 valence electrons. The Labute approximate surface area is 123 Å². The van der Waals surface area contributed by atoms with Gasteiger partial charge in [-0.25, -0.2) is 8.78 Å². The highest BCUT2D eigenvalue weighted by Gasteiger charge is 2.06. The summed E-state index contributed by atoms with van der Waals surface area (Å²) >= 11 is 9.14. The molecule has 0 saturated carbocycles. The van der Waals surface area contributed by atoms with Crippen molar-refractivity contribution in [2.45, 2.75) is 12.5 Å². The normalized spacial score (nSPS) is 10.5. The Morgan fingerprint density at radius 2 is 1.84 bits per heavy atom. The molecule has 0 N–H and O–H groups in total.